The topological polar surface area (TPSA) is 35.6 Å². The van der Waals surface area contributed by atoms with Crippen molar-refractivity contribution in [2.75, 3.05) is 32.7 Å². The van der Waals surface area contributed by atoms with Gasteiger partial charge < -0.3 is 4.90 Å². The summed E-state index contributed by atoms with van der Waals surface area (Å²) in [6.45, 7) is 3.21. The number of hydrogen-bond acceptors (Lipinski definition) is 3. The second-order valence-electron chi connectivity index (χ2n) is 7.44. The van der Waals surface area contributed by atoms with Crippen LogP contribution in [0.4, 0.5) is 22.0 Å². The van der Waals surface area contributed by atoms with Gasteiger partial charge in [-0.15, -0.1) is 0 Å². The molecule has 1 amide bonds. The van der Waals surface area contributed by atoms with Crippen LogP contribution in [-0.2, 0) is 12.7 Å². The lowest BCUT2D eigenvalue weighted by atomic mass is 9.97. The fraction of sp³-hybridized carbons (Fsp3) is 0.409. The van der Waals surface area contributed by atoms with Crippen LogP contribution in [0.25, 0.3) is 11.1 Å². The molecule has 1 aliphatic heterocycles. The highest BCUT2D eigenvalue weighted by molar-refractivity contribution is 5.95. The van der Waals surface area contributed by atoms with E-state index in [1.54, 1.807) is 6.07 Å². The van der Waals surface area contributed by atoms with Crippen molar-refractivity contribution in [2.24, 2.45) is 0 Å². The molecule has 1 fully saturated rings. The maximum absolute atomic E-state index is 13.8. The van der Waals surface area contributed by atoms with E-state index in [0.29, 0.717) is 18.7 Å². The smallest absolute Gasteiger partial charge is 0.301 e. The predicted octanol–water partition coefficient (Wildman–Crippen LogP) is 4.46. The Morgan fingerprint density at radius 3 is 2.26 bits per heavy atom. The van der Waals surface area contributed by atoms with E-state index in [0.717, 1.165) is 25.7 Å². The van der Waals surface area contributed by atoms with Crippen molar-refractivity contribution in [1.82, 2.24) is 15.1 Å². The fourth-order valence-electron chi connectivity index (χ4n) is 3.68. The number of carbonyl (C=O) groups excluding carboxylic acids is 1. The standard InChI is InChI=1S/C22H24F5N3O/c1-2-29-8-10-30(11-9-29)14-18-7-6-16(13-19(18)22(25,26)27)15-4-3-5-17(12-15)20(31)28-21(23)24/h3-7,12-13,21H,2,8-11,14H2,1H3,(H,28,31). The molecule has 2 aromatic carbocycles. The number of nitrogens with one attached hydrogen (secondary N) is 1. The number of amides is 1. The first kappa shape index (κ1) is 23.1. The van der Waals surface area contributed by atoms with Gasteiger partial charge in [0.2, 0.25) is 0 Å². The van der Waals surface area contributed by atoms with Crippen molar-refractivity contribution in [3.05, 3.63) is 59.2 Å². The van der Waals surface area contributed by atoms with Crippen molar-refractivity contribution >= 4 is 5.91 Å². The van der Waals surface area contributed by atoms with Crippen LogP contribution in [0.1, 0.15) is 28.4 Å². The number of nitrogens with zero attached hydrogens (tertiary/aromatic N) is 2. The third kappa shape index (κ3) is 6.01. The first-order chi connectivity index (χ1) is 14.7. The molecular weight excluding hydrogens is 417 g/mol. The third-order valence-electron chi connectivity index (χ3n) is 5.42. The second kappa shape index (κ2) is 9.74. The SMILES string of the molecule is CCN1CCN(Cc2ccc(-c3cccc(C(=O)NC(F)F)c3)cc2C(F)(F)F)CC1. The second-order valence-corrected chi connectivity index (χ2v) is 7.44. The summed E-state index contributed by atoms with van der Waals surface area (Å²) in [5.74, 6) is -0.990. The van der Waals surface area contributed by atoms with Crippen molar-refractivity contribution in [3.63, 3.8) is 0 Å². The summed E-state index contributed by atoms with van der Waals surface area (Å²) in [5, 5.41) is 1.47. The molecule has 1 saturated heterocycles. The molecule has 0 atom stereocenters. The average Bonchev–Trinajstić information content (AvgIpc) is 2.73. The summed E-state index contributed by atoms with van der Waals surface area (Å²) in [5.41, 5.74) is 0.0106. The van der Waals surface area contributed by atoms with E-state index >= 15 is 0 Å². The van der Waals surface area contributed by atoms with Crippen LogP contribution >= 0.6 is 0 Å². The Balaban J connectivity index is 1.86. The first-order valence-electron chi connectivity index (χ1n) is 10.0. The summed E-state index contributed by atoms with van der Waals surface area (Å²) < 4.78 is 66.2. The van der Waals surface area contributed by atoms with Gasteiger partial charge in [-0.1, -0.05) is 31.2 Å². The monoisotopic (exact) mass is 441 g/mol. The molecule has 0 aliphatic carbocycles. The van der Waals surface area contributed by atoms with Crippen LogP contribution in [0.5, 0.6) is 0 Å². The minimum Gasteiger partial charge on any atom is -0.301 e. The number of piperazine rings is 1. The first-order valence-corrected chi connectivity index (χ1v) is 10.0. The summed E-state index contributed by atoms with van der Waals surface area (Å²) in [6, 6.07) is 9.70. The maximum Gasteiger partial charge on any atom is 0.416 e. The Kier molecular flexibility index (Phi) is 7.27. The number of rotatable bonds is 6. The van der Waals surface area contributed by atoms with Crippen molar-refractivity contribution < 1.29 is 26.7 Å². The van der Waals surface area contributed by atoms with Crippen LogP contribution in [0, 0.1) is 0 Å². The molecule has 168 valence electrons. The number of likely N-dealkylation sites (N-methyl/N-ethyl adjacent to an activating group) is 1. The lowest BCUT2D eigenvalue weighted by Crippen LogP contribution is -2.45. The molecule has 4 nitrogen and oxygen atoms in total. The Morgan fingerprint density at radius 2 is 1.65 bits per heavy atom. The highest BCUT2D eigenvalue weighted by atomic mass is 19.4. The molecule has 9 heteroatoms. The van der Waals surface area contributed by atoms with Gasteiger partial charge in [0.15, 0.2) is 0 Å². The predicted molar refractivity (Wildman–Crippen MR) is 108 cm³/mol. The summed E-state index contributed by atoms with van der Waals surface area (Å²) in [7, 11) is 0. The Hall–Kier alpha value is -2.52. The molecule has 0 radical (unpaired) electrons. The number of halogens is 5. The van der Waals surface area contributed by atoms with Gasteiger partial charge in [0.1, 0.15) is 0 Å². The lowest BCUT2D eigenvalue weighted by Gasteiger charge is -2.34. The third-order valence-corrected chi connectivity index (χ3v) is 5.42. The van der Waals surface area contributed by atoms with Crippen molar-refractivity contribution in [3.8, 4) is 11.1 Å². The highest BCUT2D eigenvalue weighted by Crippen LogP contribution is 2.36. The molecule has 0 unspecified atom stereocenters. The maximum atomic E-state index is 13.8. The minimum absolute atomic E-state index is 0.0516. The summed E-state index contributed by atoms with van der Waals surface area (Å²) >= 11 is 0. The van der Waals surface area contributed by atoms with E-state index in [-0.39, 0.29) is 23.2 Å². The van der Waals surface area contributed by atoms with E-state index in [1.165, 1.54) is 35.6 Å². The molecule has 1 aliphatic rings. The molecule has 0 bridgehead atoms. The van der Waals surface area contributed by atoms with Crippen LogP contribution in [0.2, 0.25) is 0 Å². The molecule has 0 spiro atoms. The van der Waals surface area contributed by atoms with E-state index in [2.05, 4.69) is 11.8 Å². The molecule has 31 heavy (non-hydrogen) atoms. The molecule has 1 heterocycles. The van der Waals surface area contributed by atoms with Gasteiger partial charge >= 0.3 is 12.7 Å². The largest absolute Gasteiger partial charge is 0.416 e. The zero-order valence-corrected chi connectivity index (χ0v) is 17.1. The van der Waals surface area contributed by atoms with Gasteiger partial charge in [-0.2, -0.15) is 22.0 Å². The number of hydrogen-bond donors (Lipinski definition) is 1. The van der Waals surface area contributed by atoms with Crippen molar-refractivity contribution in [1.29, 1.82) is 0 Å². The molecular formula is C22H24F5N3O. The van der Waals surface area contributed by atoms with Crippen LogP contribution in [-0.4, -0.2) is 55.0 Å². The van der Waals surface area contributed by atoms with Gasteiger partial charge in [0.05, 0.1) is 5.56 Å². The Morgan fingerprint density at radius 1 is 1.00 bits per heavy atom. The molecule has 0 saturated carbocycles. The minimum atomic E-state index is -4.54. The Bertz CT molecular complexity index is 908. The zero-order chi connectivity index (χ0) is 22.6. The number of alkyl halides is 5. The normalized spacial score (nSPS) is 16.0. The van der Waals surface area contributed by atoms with Gasteiger partial charge in [-0.25, -0.2) is 0 Å². The molecule has 3 rings (SSSR count). The quantitative estimate of drug-likeness (QED) is 0.531. The molecule has 1 N–H and O–H groups in total. The Labute approximate surface area is 177 Å². The highest BCUT2D eigenvalue weighted by Gasteiger charge is 2.34. The van der Waals surface area contributed by atoms with E-state index in [4.69, 9.17) is 0 Å². The van der Waals surface area contributed by atoms with Gasteiger partial charge in [-0.3, -0.25) is 15.0 Å². The zero-order valence-electron chi connectivity index (χ0n) is 17.1. The van der Waals surface area contributed by atoms with E-state index in [9.17, 15) is 26.7 Å². The molecule has 2 aromatic rings. The van der Waals surface area contributed by atoms with E-state index < -0.39 is 24.2 Å². The summed E-state index contributed by atoms with van der Waals surface area (Å²) in [4.78, 5) is 16.1. The number of carbonyl (C=O) groups is 1. The average molecular weight is 441 g/mol. The van der Waals surface area contributed by atoms with Gasteiger partial charge in [-0.05, 0) is 41.4 Å². The van der Waals surface area contributed by atoms with Crippen LogP contribution in [0.15, 0.2) is 42.5 Å². The summed E-state index contributed by atoms with van der Waals surface area (Å²) in [6.07, 6.45) is -4.54. The number of benzene rings is 2. The van der Waals surface area contributed by atoms with E-state index in [1.807, 2.05) is 4.90 Å². The van der Waals surface area contributed by atoms with Gasteiger partial charge in [0.25, 0.3) is 5.91 Å². The fourth-order valence-corrected chi connectivity index (χ4v) is 3.68. The van der Waals surface area contributed by atoms with Gasteiger partial charge in [0, 0.05) is 38.3 Å². The van der Waals surface area contributed by atoms with Crippen molar-refractivity contribution in [2.45, 2.75) is 26.2 Å². The van der Waals surface area contributed by atoms with Crippen LogP contribution < -0.4 is 5.32 Å². The molecule has 0 aromatic heterocycles. The van der Waals surface area contributed by atoms with Crippen LogP contribution in [0.3, 0.4) is 0 Å². The lowest BCUT2D eigenvalue weighted by molar-refractivity contribution is -0.138.